The molecular formula is C16H19ClN4O3S. The van der Waals surface area contributed by atoms with Crippen LogP contribution in [0.25, 0.3) is 0 Å². The number of halogens is 1. The van der Waals surface area contributed by atoms with Crippen molar-refractivity contribution < 1.29 is 9.53 Å². The van der Waals surface area contributed by atoms with Crippen LogP contribution in [-0.2, 0) is 16.1 Å². The number of anilines is 1. The molecule has 0 radical (unpaired) electrons. The van der Waals surface area contributed by atoms with Crippen LogP contribution in [0.2, 0.25) is 5.02 Å². The zero-order chi connectivity index (χ0) is 17.8. The fourth-order valence-electron chi connectivity index (χ4n) is 2.55. The highest BCUT2D eigenvalue weighted by molar-refractivity contribution is 8.00. The maximum Gasteiger partial charge on any atom is 0.344 e. The Labute approximate surface area is 154 Å². The molecule has 2 aromatic rings. The maximum atomic E-state index is 12.4. The molecular weight excluding hydrogens is 364 g/mol. The van der Waals surface area contributed by atoms with Crippen molar-refractivity contribution in [2.24, 2.45) is 0 Å². The van der Waals surface area contributed by atoms with Crippen LogP contribution in [0.15, 0.2) is 34.2 Å². The average molecular weight is 383 g/mol. The highest BCUT2D eigenvalue weighted by atomic mass is 35.5. The summed E-state index contributed by atoms with van der Waals surface area (Å²) in [5.41, 5.74) is 0.261. The second-order valence-corrected chi connectivity index (χ2v) is 7.50. The normalized spacial score (nSPS) is 18.2. The van der Waals surface area contributed by atoms with Crippen LogP contribution in [-0.4, -0.2) is 38.6 Å². The predicted octanol–water partition coefficient (Wildman–Crippen LogP) is 2.52. The molecule has 2 unspecified atom stereocenters. The van der Waals surface area contributed by atoms with Gasteiger partial charge >= 0.3 is 5.69 Å². The van der Waals surface area contributed by atoms with E-state index in [1.165, 1.54) is 16.3 Å². The van der Waals surface area contributed by atoms with Crippen molar-refractivity contribution in [3.63, 3.8) is 0 Å². The predicted molar refractivity (Wildman–Crippen MR) is 97.2 cm³/mol. The Morgan fingerprint density at radius 3 is 3.08 bits per heavy atom. The molecule has 0 saturated carbocycles. The summed E-state index contributed by atoms with van der Waals surface area (Å²) in [6, 6.07) is 7.04. The molecule has 1 aromatic heterocycles. The molecule has 2 atom stereocenters. The molecule has 1 aliphatic rings. The molecule has 1 aliphatic heterocycles. The third-order valence-corrected chi connectivity index (χ3v) is 5.34. The van der Waals surface area contributed by atoms with E-state index < -0.39 is 5.25 Å². The first-order valence-corrected chi connectivity index (χ1v) is 9.29. The van der Waals surface area contributed by atoms with Gasteiger partial charge in [0.25, 0.3) is 0 Å². The summed E-state index contributed by atoms with van der Waals surface area (Å²) in [4.78, 5) is 24.4. The lowest BCUT2D eigenvalue weighted by Crippen LogP contribution is -2.27. The van der Waals surface area contributed by atoms with Crippen molar-refractivity contribution in [1.82, 2.24) is 14.8 Å². The summed E-state index contributed by atoms with van der Waals surface area (Å²) in [6.07, 6.45) is 1.93. The van der Waals surface area contributed by atoms with Gasteiger partial charge in [0, 0.05) is 6.61 Å². The summed E-state index contributed by atoms with van der Waals surface area (Å²) in [7, 11) is 0. The first-order chi connectivity index (χ1) is 12.0. The van der Waals surface area contributed by atoms with Gasteiger partial charge in [-0.25, -0.2) is 9.89 Å². The van der Waals surface area contributed by atoms with Crippen LogP contribution in [0.5, 0.6) is 0 Å². The van der Waals surface area contributed by atoms with E-state index in [9.17, 15) is 9.59 Å². The second-order valence-electron chi connectivity index (χ2n) is 5.79. The Morgan fingerprint density at radius 2 is 2.36 bits per heavy atom. The molecule has 0 aliphatic carbocycles. The van der Waals surface area contributed by atoms with Crippen LogP contribution < -0.4 is 11.0 Å². The van der Waals surface area contributed by atoms with Gasteiger partial charge in [-0.2, -0.15) is 0 Å². The Kier molecular flexibility index (Phi) is 5.82. The summed E-state index contributed by atoms with van der Waals surface area (Å²) >= 11 is 7.28. The summed E-state index contributed by atoms with van der Waals surface area (Å²) in [6.45, 7) is 2.92. The van der Waals surface area contributed by atoms with Crippen LogP contribution in [0.1, 0.15) is 19.8 Å². The number of carbonyl (C=O) groups is 1. The molecule has 1 amide bonds. The largest absolute Gasteiger partial charge is 0.376 e. The number of rotatable bonds is 6. The number of aromatic nitrogens is 3. The number of nitrogens with one attached hydrogen (secondary N) is 2. The van der Waals surface area contributed by atoms with Crippen molar-refractivity contribution in [1.29, 1.82) is 0 Å². The quantitative estimate of drug-likeness (QED) is 0.749. The van der Waals surface area contributed by atoms with Gasteiger partial charge in [0.1, 0.15) is 0 Å². The number of amides is 1. The Hall–Kier alpha value is -1.77. The number of aromatic amines is 1. The van der Waals surface area contributed by atoms with E-state index in [4.69, 9.17) is 16.3 Å². The molecule has 2 N–H and O–H groups in total. The van der Waals surface area contributed by atoms with Crippen molar-refractivity contribution in [3.8, 4) is 0 Å². The average Bonchev–Trinajstić information content (AvgIpc) is 3.22. The van der Waals surface area contributed by atoms with E-state index in [0.29, 0.717) is 22.4 Å². The lowest BCUT2D eigenvalue weighted by molar-refractivity contribution is -0.115. The van der Waals surface area contributed by atoms with Gasteiger partial charge in [0.2, 0.25) is 5.91 Å². The van der Waals surface area contributed by atoms with Crippen molar-refractivity contribution in [3.05, 3.63) is 39.8 Å². The number of nitrogens with zero attached hydrogens (tertiary/aromatic N) is 2. The smallest absolute Gasteiger partial charge is 0.344 e. The minimum absolute atomic E-state index is 0.0157. The number of thioether (sulfide) groups is 1. The number of hydrogen-bond donors (Lipinski definition) is 2. The molecule has 1 saturated heterocycles. The molecule has 25 heavy (non-hydrogen) atoms. The van der Waals surface area contributed by atoms with E-state index in [1.54, 1.807) is 31.2 Å². The van der Waals surface area contributed by atoms with Crippen LogP contribution >= 0.6 is 23.4 Å². The molecule has 0 spiro atoms. The molecule has 1 fully saturated rings. The van der Waals surface area contributed by atoms with Gasteiger partial charge in [0.05, 0.1) is 28.6 Å². The topological polar surface area (TPSA) is 89.0 Å². The third kappa shape index (κ3) is 4.45. The van der Waals surface area contributed by atoms with Gasteiger partial charge < -0.3 is 10.1 Å². The number of H-pyrrole nitrogens is 1. The lowest BCUT2D eigenvalue weighted by atomic mass is 10.2. The van der Waals surface area contributed by atoms with Crippen LogP contribution in [0.3, 0.4) is 0 Å². The Morgan fingerprint density at radius 1 is 1.56 bits per heavy atom. The van der Waals surface area contributed by atoms with Gasteiger partial charge in [-0.3, -0.25) is 9.36 Å². The van der Waals surface area contributed by atoms with Gasteiger partial charge in [-0.1, -0.05) is 35.5 Å². The maximum absolute atomic E-state index is 12.4. The minimum atomic E-state index is -0.449. The first kappa shape index (κ1) is 18.0. The third-order valence-electron chi connectivity index (χ3n) is 3.92. The number of carbonyl (C=O) groups excluding carboxylic acids is 1. The standard InChI is InChI=1S/C16H19ClN4O3S/c1-10(14(22)18-13-7-3-2-6-12(13)17)25-16-20-19-15(23)21(16)9-11-5-4-8-24-11/h2-3,6-7,10-11H,4-5,8-9H2,1H3,(H,18,22)(H,19,23). The van der Waals surface area contributed by atoms with E-state index in [-0.39, 0.29) is 17.7 Å². The molecule has 0 bridgehead atoms. The van der Waals surface area contributed by atoms with Crippen molar-refractivity contribution in [2.75, 3.05) is 11.9 Å². The lowest BCUT2D eigenvalue weighted by Gasteiger charge is -2.14. The highest BCUT2D eigenvalue weighted by Crippen LogP contribution is 2.25. The molecule has 7 nitrogen and oxygen atoms in total. The molecule has 9 heteroatoms. The zero-order valence-corrected chi connectivity index (χ0v) is 15.3. The van der Waals surface area contributed by atoms with Crippen molar-refractivity contribution in [2.45, 2.75) is 42.8 Å². The van der Waals surface area contributed by atoms with E-state index in [0.717, 1.165) is 19.4 Å². The van der Waals surface area contributed by atoms with Crippen LogP contribution in [0, 0.1) is 0 Å². The molecule has 134 valence electrons. The van der Waals surface area contributed by atoms with Crippen molar-refractivity contribution >= 4 is 35.0 Å². The summed E-state index contributed by atoms with van der Waals surface area (Å²) < 4.78 is 7.10. The van der Waals surface area contributed by atoms with E-state index >= 15 is 0 Å². The SMILES string of the molecule is CC(Sc1n[nH]c(=O)n1CC1CCCO1)C(=O)Nc1ccccc1Cl. The monoisotopic (exact) mass is 382 g/mol. The first-order valence-electron chi connectivity index (χ1n) is 8.03. The van der Waals surface area contributed by atoms with Crippen LogP contribution in [0.4, 0.5) is 5.69 Å². The Bertz CT molecular complexity index is 801. The van der Waals surface area contributed by atoms with E-state index in [2.05, 4.69) is 15.5 Å². The zero-order valence-electron chi connectivity index (χ0n) is 13.7. The second kappa shape index (κ2) is 8.07. The van der Waals surface area contributed by atoms with Gasteiger partial charge in [0.15, 0.2) is 5.16 Å². The Balaban J connectivity index is 1.66. The molecule has 2 heterocycles. The highest BCUT2D eigenvalue weighted by Gasteiger charge is 2.23. The van der Waals surface area contributed by atoms with Gasteiger partial charge in [-0.05, 0) is 31.9 Å². The minimum Gasteiger partial charge on any atom is -0.376 e. The summed E-state index contributed by atoms with van der Waals surface area (Å²) in [5.74, 6) is -0.211. The number of hydrogen-bond acceptors (Lipinski definition) is 5. The van der Waals surface area contributed by atoms with E-state index in [1.807, 2.05) is 0 Å². The fraction of sp³-hybridized carbons (Fsp3) is 0.438. The van der Waals surface area contributed by atoms with Gasteiger partial charge in [-0.15, -0.1) is 5.10 Å². The summed E-state index contributed by atoms with van der Waals surface area (Å²) in [5, 5.41) is 9.76. The number of benzene rings is 1. The molecule has 1 aromatic carbocycles. The molecule has 3 rings (SSSR count). The number of ether oxygens (including phenoxy) is 1. The number of para-hydroxylation sites is 1. The fourth-order valence-corrected chi connectivity index (χ4v) is 3.60.